The van der Waals surface area contributed by atoms with Crippen molar-refractivity contribution in [3.63, 3.8) is 0 Å². The molecule has 140 valence electrons. The van der Waals surface area contributed by atoms with Gasteiger partial charge in [-0.1, -0.05) is 23.2 Å². The van der Waals surface area contributed by atoms with Crippen molar-refractivity contribution in [2.75, 3.05) is 26.2 Å². The van der Waals surface area contributed by atoms with Gasteiger partial charge in [-0.05, 0) is 25.0 Å². The van der Waals surface area contributed by atoms with Gasteiger partial charge in [0, 0.05) is 23.7 Å². The lowest BCUT2D eigenvalue weighted by atomic mass is 10.1. The molecule has 9 heteroatoms. The van der Waals surface area contributed by atoms with Gasteiger partial charge in [0.2, 0.25) is 0 Å². The van der Waals surface area contributed by atoms with Gasteiger partial charge < -0.3 is 20.1 Å². The van der Waals surface area contributed by atoms with E-state index in [1.807, 2.05) is 0 Å². The van der Waals surface area contributed by atoms with Gasteiger partial charge in [0.1, 0.15) is 18.0 Å². The van der Waals surface area contributed by atoms with Crippen LogP contribution in [-0.2, 0) is 14.3 Å². The van der Waals surface area contributed by atoms with Crippen molar-refractivity contribution in [1.82, 2.24) is 4.90 Å². The quantitative estimate of drug-likeness (QED) is 0.774. The van der Waals surface area contributed by atoms with Crippen molar-refractivity contribution in [3.8, 4) is 0 Å². The lowest BCUT2D eigenvalue weighted by molar-refractivity contribution is -0.150. The first kappa shape index (κ1) is 20.7. The number of hydrogen-bond donors (Lipinski definition) is 1. The number of morpholine rings is 1. The predicted molar refractivity (Wildman–Crippen MR) is 95.9 cm³/mol. The summed E-state index contributed by atoms with van der Waals surface area (Å²) in [6.45, 7) is 1.53. The Hall–Kier alpha value is -0.630. The first-order valence-corrected chi connectivity index (χ1v) is 8.65. The Balaban J connectivity index is 0.00000225. The van der Waals surface area contributed by atoms with Gasteiger partial charge in [0.15, 0.2) is 0 Å². The molecule has 2 aliphatic heterocycles. The van der Waals surface area contributed by atoms with Crippen molar-refractivity contribution < 1.29 is 18.7 Å². The first-order chi connectivity index (χ1) is 11.5. The molecular weight excluding hydrogens is 394 g/mol. The maximum Gasteiger partial charge on any atom is 0.251 e. The third kappa shape index (κ3) is 4.56. The molecular formula is C16H20Cl3FN2O3. The highest BCUT2D eigenvalue weighted by molar-refractivity contribution is 6.35. The Labute approximate surface area is 161 Å². The fourth-order valence-corrected chi connectivity index (χ4v) is 3.59. The molecule has 2 heterocycles. The third-order valence-corrected chi connectivity index (χ3v) is 5.03. The van der Waals surface area contributed by atoms with Crippen LogP contribution in [0.4, 0.5) is 4.39 Å². The number of hydrogen-bond acceptors (Lipinski definition) is 4. The Morgan fingerprint density at radius 1 is 1.32 bits per heavy atom. The second-order valence-corrected chi connectivity index (χ2v) is 6.81. The Morgan fingerprint density at radius 2 is 2.08 bits per heavy atom. The van der Waals surface area contributed by atoms with Gasteiger partial charge >= 0.3 is 0 Å². The van der Waals surface area contributed by atoms with E-state index in [0.29, 0.717) is 43.2 Å². The van der Waals surface area contributed by atoms with Crippen LogP contribution in [0.5, 0.6) is 0 Å². The van der Waals surface area contributed by atoms with Crippen molar-refractivity contribution in [2.45, 2.75) is 31.2 Å². The molecule has 1 aromatic rings. The number of amides is 1. The van der Waals surface area contributed by atoms with Crippen molar-refractivity contribution in [1.29, 1.82) is 0 Å². The largest absolute Gasteiger partial charge is 0.370 e. The highest BCUT2D eigenvalue weighted by Crippen LogP contribution is 2.33. The summed E-state index contributed by atoms with van der Waals surface area (Å²) in [6.07, 6.45) is 0.438. The maximum atomic E-state index is 13.7. The molecule has 0 aromatic heterocycles. The zero-order valence-electron chi connectivity index (χ0n) is 13.4. The molecule has 2 aliphatic rings. The molecule has 1 amide bonds. The van der Waals surface area contributed by atoms with E-state index in [1.54, 1.807) is 4.90 Å². The van der Waals surface area contributed by atoms with E-state index >= 15 is 0 Å². The summed E-state index contributed by atoms with van der Waals surface area (Å²) in [5.41, 5.74) is 6.07. The van der Waals surface area contributed by atoms with E-state index in [-0.39, 0.29) is 29.4 Å². The fraction of sp³-hybridized carbons (Fsp3) is 0.562. The average molecular weight is 414 g/mol. The molecule has 2 fully saturated rings. The smallest absolute Gasteiger partial charge is 0.251 e. The summed E-state index contributed by atoms with van der Waals surface area (Å²) < 4.78 is 25.1. The van der Waals surface area contributed by atoms with Crippen LogP contribution in [0.1, 0.15) is 24.5 Å². The zero-order chi connectivity index (χ0) is 17.3. The minimum absolute atomic E-state index is 0. The number of carbonyl (C=O) groups excluding carboxylic acids is 1. The number of halogens is 4. The number of nitrogens with zero attached hydrogens (tertiary/aromatic N) is 1. The molecule has 0 aliphatic carbocycles. The SMILES string of the molecule is Cl.NC[C@H]1CC[C@@H](C(=O)N2CCOC(c3cc(F)c(Cl)cc3Cl)C2)O1. The molecule has 2 N–H and O–H groups in total. The molecule has 0 bridgehead atoms. The molecule has 5 nitrogen and oxygen atoms in total. The van der Waals surface area contributed by atoms with Crippen LogP contribution in [0.25, 0.3) is 0 Å². The van der Waals surface area contributed by atoms with E-state index in [9.17, 15) is 9.18 Å². The van der Waals surface area contributed by atoms with Crippen LogP contribution in [0.15, 0.2) is 12.1 Å². The van der Waals surface area contributed by atoms with E-state index in [4.69, 9.17) is 38.4 Å². The molecule has 1 unspecified atom stereocenters. The van der Waals surface area contributed by atoms with Gasteiger partial charge in [0.25, 0.3) is 5.91 Å². The van der Waals surface area contributed by atoms with Crippen molar-refractivity contribution in [2.24, 2.45) is 5.73 Å². The summed E-state index contributed by atoms with van der Waals surface area (Å²) in [5.74, 6) is -0.641. The number of carbonyl (C=O) groups is 1. The van der Waals surface area contributed by atoms with E-state index < -0.39 is 18.0 Å². The monoisotopic (exact) mass is 412 g/mol. The summed E-state index contributed by atoms with van der Waals surface area (Å²) in [6, 6.07) is 2.61. The van der Waals surface area contributed by atoms with Crippen LogP contribution in [0, 0.1) is 5.82 Å². The summed E-state index contributed by atoms with van der Waals surface area (Å²) in [7, 11) is 0. The Morgan fingerprint density at radius 3 is 2.76 bits per heavy atom. The number of rotatable bonds is 3. The average Bonchev–Trinajstić information content (AvgIpc) is 3.06. The standard InChI is InChI=1S/C16H19Cl2FN2O3.ClH/c17-11-6-12(18)13(19)5-10(11)15-8-21(3-4-23-15)16(22)14-2-1-9(7-20)24-14;/h5-6,9,14-15H,1-4,7-8,20H2;1H/t9-,14+,15?;/m1./s1. The maximum absolute atomic E-state index is 13.7. The molecule has 2 saturated heterocycles. The minimum Gasteiger partial charge on any atom is -0.370 e. The molecule has 1 aromatic carbocycles. The lowest BCUT2D eigenvalue weighted by Gasteiger charge is -2.34. The highest BCUT2D eigenvalue weighted by atomic mass is 35.5. The minimum atomic E-state index is -0.562. The predicted octanol–water partition coefficient (Wildman–Crippen LogP) is 2.96. The van der Waals surface area contributed by atoms with Crippen LogP contribution in [0.2, 0.25) is 10.0 Å². The van der Waals surface area contributed by atoms with E-state index in [1.165, 1.54) is 12.1 Å². The second kappa shape index (κ2) is 8.84. The molecule has 0 radical (unpaired) electrons. The molecule has 0 saturated carbocycles. The molecule has 25 heavy (non-hydrogen) atoms. The van der Waals surface area contributed by atoms with Crippen LogP contribution in [-0.4, -0.2) is 49.3 Å². The van der Waals surface area contributed by atoms with Gasteiger partial charge in [-0.2, -0.15) is 0 Å². The Kier molecular flexibility index (Phi) is 7.31. The van der Waals surface area contributed by atoms with Crippen LogP contribution in [0.3, 0.4) is 0 Å². The van der Waals surface area contributed by atoms with Gasteiger partial charge in [-0.3, -0.25) is 4.79 Å². The van der Waals surface area contributed by atoms with Gasteiger partial charge in [0.05, 0.1) is 24.3 Å². The summed E-state index contributed by atoms with van der Waals surface area (Å²) in [5, 5.41) is 0.278. The Bertz CT molecular complexity index is 635. The van der Waals surface area contributed by atoms with E-state index in [2.05, 4.69) is 0 Å². The fourth-order valence-electron chi connectivity index (χ4n) is 3.09. The molecule has 3 rings (SSSR count). The highest BCUT2D eigenvalue weighted by Gasteiger charge is 2.35. The normalized spacial score (nSPS) is 26.4. The summed E-state index contributed by atoms with van der Waals surface area (Å²) >= 11 is 11.9. The number of ether oxygens (including phenoxy) is 2. The van der Waals surface area contributed by atoms with Crippen LogP contribution >= 0.6 is 35.6 Å². The van der Waals surface area contributed by atoms with E-state index in [0.717, 1.165) is 6.42 Å². The van der Waals surface area contributed by atoms with Crippen LogP contribution < -0.4 is 5.73 Å². The van der Waals surface area contributed by atoms with Gasteiger partial charge in [-0.15, -0.1) is 12.4 Å². The van der Waals surface area contributed by atoms with Crippen molar-refractivity contribution >= 4 is 41.5 Å². The van der Waals surface area contributed by atoms with Gasteiger partial charge in [-0.25, -0.2) is 4.39 Å². The lowest BCUT2D eigenvalue weighted by Crippen LogP contribution is -2.46. The second-order valence-electron chi connectivity index (χ2n) is 5.99. The first-order valence-electron chi connectivity index (χ1n) is 7.90. The number of nitrogens with two attached hydrogens (primary N) is 1. The zero-order valence-corrected chi connectivity index (χ0v) is 15.7. The van der Waals surface area contributed by atoms with Crippen molar-refractivity contribution in [3.05, 3.63) is 33.6 Å². The third-order valence-electron chi connectivity index (χ3n) is 4.41. The topological polar surface area (TPSA) is 64.8 Å². The molecule has 3 atom stereocenters. The molecule has 0 spiro atoms. The number of benzene rings is 1. The summed E-state index contributed by atoms with van der Waals surface area (Å²) in [4.78, 5) is 14.3.